The van der Waals surface area contributed by atoms with Crippen molar-refractivity contribution in [3.05, 3.63) is 83.3 Å². The molecular formula is C23H20N2O6S. The van der Waals surface area contributed by atoms with E-state index in [2.05, 4.69) is 4.98 Å². The number of phenols is 1. The van der Waals surface area contributed by atoms with Crippen molar-refractivity contribution in [1.82, 2.24) is 9.29 Å². The molecule has 3 aromatic rings. The number of allylic oxidation sites excluding steroid dienone is 1. The van der Waals surface area contributed by atoms with Crippen LogP contribution in [-0.2, 0) is 16.6 Å². The number of methoxy groups -OCH3 is 2. The van der Waals surface area contributed by atoms with Gasteiger partial charge in [-0.15, -0.1) is 0 Å². The van der Waals surface area contributed by atoms with E-state index in [0.717, 1.165) is 4.31 Å². The number of aromatic hydroxyl groups is 1. The fourth-order valence-electron chi connectivity index (χ4n) is 3.50. The Balaban J connectivity index is 1.93. The maximum Gasteiger partial charge on any atom is 0.265 e. The quantitative estimate of drug-likeness (QED) is 0.593. The first-order valence-corrected chi connectivity index (χ1v) is 11.0. The number of ketones is 1. The number of Topliss-reactive ketones (excluding diaryl/α,β-unsaturated/α-hetero) is 1. The van der Waals surface area contributed by atoms with Gasteiger partial charge in [0.25, 0.3) is 10.0 Å². The third kappa shape index (κ3) is 3.67. The third-order valence-electron chi connectivity index (χ3n) is 5.08. The summed E-state index contributed by atoms with van der Waals surface area (Å²) in [7, 11) is -1.25. The van der Waals surface area contributed by atoms with Crippen molar-refractivity contribution in [1.29, 1.82) is 0 Å². The second kappa shape index (κ2) is 8.35. The summed E-state index contributed by atoms with van der Waals surface area (Å²) in [6.45, 7) is -0.0525. The summed E-state index contributed by atoms with van der Waals surface area (Å²) in [5.74, 6) is -0.374. The van der Waals surface area contributed by atoms with Gasteiger partial charge in [0.2, 0.25) is 11.5 Å². The molecular weight excluding hydrogens is 432 g/mol. The van der Waals surface area contributed by atoms with Crippen LogP contribution in [-0.4, -0.2) is 42.8 Å². The number of aromatic nitrogens is 1. The first-order chi connectivity index (χ1) is 15.4. The number of benzene rings is 2. The van der Waals surface area contributed by atoms with Gasteiger partial charge in [0.15, 0.2) is 11.5 Å². The number of carbonyl (C=O) groups is 1. The molecule has 1 N–H and O–H groups in total. The Hall–Kier alpha value is -3.85. The number of rotatable bonds is 5. The van der Waals surface area contributed by atoms with Gasteiger partial charge in [0.05, 0.1) is 25.7 Å². The van der Waals surface area contributed by atoms with Gasteiger partial charge >= 0.3 is 0 Å². The van der Waals surface area contributed by atoms with Crippen molar-refractivity contribution in [2.75, 3.05) is 14.2 Å². The van der Waals surface area contributed by atoms with E-state index < -0.39 is 15.8 Å². The van der Waals surface area contributed by atoms with Crippen molar-refractivity contribution in [3.63, 3.8) is 0 Å². The van der Waals surface area contributed by atoms with Gasteiger partial charge in [-0.05, 0) is 53.6 Å². The zero-order valence-electron chi connectivity index (χ0n) is 17.3. The van der Waals surface area contributed by atoms with Crippen LogP contribution in [0.5, 0.6) is 17.2 Å². The SMILES string of the molecule is COc1cc(C=C2C(=O)c3ccccc3S(=O)(=O)N2Cc2ccncc2)cc(OC)c1O. The normalized spacial score (nSPS) is 16.0. The maximum absolute atomic E-state index is 13.5. The van der Waals surface area contributed by atoms with Gasteiger partial charge < -0.3 is 14.6 Å². The minimum absolute atomic E-state index is 0.0321. The molecule has 0 atom stereocenters. The lowest BCUT2D eigenvalue weighted by Crippen LogP contribution is -2.38. The van der Waals surface area contributed by atoms with Crippen molar-refractivity contribution < 1.29 is 27.8 Å². The summed E-state index contributed by atoms with van der Waals surface area (Å²) in [6, 6.07) is 12.5. The molecule has 0 amide bonds. The first-order valence-electron chi connectivity index (χ1n) is 9.59. The Labute approximate surface area is 185 Å². The number of nitrogens with zero attached hydrogens (tertiary/aromatic N) is 2. The minimum atomic E-state index is -4.01. The van der Waals surface area contributed by atoms with E-state index in [1.54, 1.807) is 36.7 Å². The predicted octanol–water partition coefficient (Wildman–Crippen LogP) is 3.23. The molecule has 164 valence electrons. The van der Waals surface area contributed by atoms with Gasteiger partial charge in [-0.25, -0.2) is 8.42 Å². The Morgan fingerprint density at radius 3 is 2.28 bits per heavy atom. The number of hydrogen-bond donors (Lipinski definition) is 1. The van der Waals surface area contributed by atoms with Crippen molar-refractivity contribution in [2.24, 2.45) is 0 Å². The summed E-state index contributed by atoms with van der Waals surface area (Å²) in [4.78, 5) is 17.3. The molecule has 8 nitrogen and oxygen atoms in total. The molecule has 0 fully saturated rings. The monoisotopic (exact) mass is 452 g/mol. The predicted molar refractivity (Wildman–Crippen MR) is 117 cm³/mol. The molecule has 0 unspecified atom stereocenters. The van der Waals surface area contributed by atoms with Crippen LogP contribution in [0.2, 0.25) is 0 Å². The van der Waals surface area contributed by atoms with Crippen LogP contribution in [0, 0.1) is 0 Å². The van der Waals surface area contributed by atoms with Gasteiger partial charge in [0, 0.05) is 18.0 Å². The Bertz CT molecular complexity index is 1290. The van der Waals surface area contributed by atoms with Crippen LogP contribution >= 0.6 is 0 Å². The van der Waals surface area contributed by atoms with E-state index in [0.29, 0.717) is 11.1 Å². The number of phenolic OH excluding ortho intramolecular Hbond substituents is 1. The number of ether oxygens (including phenoxy) is 2. The summed E-state index contributed by atoms with van der Waals surface area (Å²) in [6.07, 6.45) is 4.56. The highest BCUT2D eigenvalue weighted by molar-refractivity contribution is 7.89. The van der Waals surface area contributed by atoms with Crippen molar-refractivity contribution in [2.45, 2.75) is 11.4 Å². The summed E-state index contributed by atoms with van der Waals surface area (Å²) in [5, 5.41) is 10.2. The topological polar surface area (TPSA) is 106 Å². The highest BCUT2D eigenvalue weighted by atomic mass is 32.2. The zero-order chi connectivity index (χ0) is 22.9. The van der Waals surface area contributed by atoms with Crippen LogP contribution in [0.25, 0.3) is 6.08 Å². The third-order valence-corrected chi connectivity index (χ3v) is 6.90. The van der Waals surface area contributed by atoms with Crippen LogP contribution in [0.3, 0.4) is 0 Å². The van der Waals surface area contributed by atoms with Crippen LogP contribution in [0.15, 0.2) is 71.5 Å². The summed E-state index contributed by atoms with van der Waals surface area (Å²) < 4.78 is 38.4. The number of carbonyl (C=O) groups excluding carboxylic acids is 1. The van der Waals surface area contributed by atoms with Crippen LogP contribution in [0.4, 0.5) is 0 Å². The highest BCUT2D eigenvalue weighted by Crippen LogP contribution is 2.39. The molecule has 2 heterocycles. The molecule has 0 saturated heterocycles. The lowest BCUT2D eigenvalue weighted by atomic mass is 10.0. The fourth-order valence-corrected chi connectivity index (χ4v) is 5.14. The Kier molecular flexibility index (Phi) is 5.58. The zero-order valence-corrected chi connectivity index (χ0v) is 18.2. The molecule has 9 heteroatoms. The highest BCUT2D eigenvalue weighted by Gasteiger charge is 2.39. The lowest BCUT2D eigenvalue weighted by molar-refractivity contribution is 0.100. The summed E-state index contributed by atoms with van der Waals surface area (Å²) >= 11 is 0. The molecule has 2 aromatic carbocycles. The maximum atomic E-state index is 13.5. The largest absolute Gasteiger partial charge is 0.502 e. The molecule has 0 bridgehead atoms. The van der Waals surface area contributed by atoms with E-state index in [9.17, 15) is 18.3 Å². The average molecular weight is 452 g/mol. The minimum Gasteiger partial charge on any atom is -0.502 e. The van der Waals surface area contributed by atoms with E-state index >= 15 is 0 Å². The van der Waals surface area contributed by atoms with Gasteiger partial charge in [-0.3, -0.25) is 14.1 Å². The lowest BCUT2D eigenvalue weighted by Gasteiger charge is -2.31. The van der Waals surface area contributed by atoms with Gasteiger partial charge in [-0.1, -0.05) is 12.1 Å². The second-order valence-corrected chi connectivity index (χ2v) is 8.83. The number of sulfonamides is 1. The molecule has 1 aromatic heterocycles. The van der Waals surface area contributed by atoms with E-state index in [1.165, 1.54) is 44.6 Å². The molecule has 4 rings (SSSR count). The molecule has 1 aliphatic heterocycles. The van der Waals surface area contributed by atoms with Crippen LogP contribution in [0.1, 0.15) is 21.5 Å². The first kappa shape index (κ1) is 21.4. The van der Waals surface area contributed by atoms with E-state index in [-0.39, 0.29) is 39.9 Å². The molecule has 0 spiro atoms. The summed E-state index contributed by atoms with van der Waals surface area (Å²) in [5.41, 5.74) is 1.16. The van der Waals surface area contributed by atoms with Gasteiger partial charge in [-0.2, -0.15) is 0 Å². The Morgan fingerprint density at radius 1 is 1.03 bits per heavy atom. The van der Waals surface area contributed by atoms with Crippen molar-refractivity contribution >= 4 is 21.9 Å². The Morgan fingerprint density at radius 2 is 1.66 bits per heavy atom. The van der Waals surface area contributed by atoms with Crippen molar-refractivity contribution in [3.8, 4) is 17.2 Å². The number of pyridine rings is 1. The number of fused-ring (bicyclic) bond motifs is 1. The number of hydrogen-bond acceptors (Lipinski definition) is 7. The second-order valence-electron chi connectivity index (χ2n) is 7.00. The molecule has 0 aliphatic carbocycles. The van der Waals surface area contributed by atoms with Gasteiger partial charge in [0.1, 0.15) is 5.70 Å². The van der Waals surface area contributed by atoms with E-state index in [4.69, 9.17) is 9.47 Å². The molecule has 32 heavy (non-hydrogen) atoms. The van der Waals surface area contributed by atoms with Crippen LogP contribution < -0.4 is 9.47 Å². The molecule has 0 radical (unpaired) electrons. The smallest absolute Gasteiger partial charge is 0.265 e. The van der Waals surface area contributed by atoms with E-state index in [1.807, 2.05) is 0 Å². The fraction of sp³-hybridized carbons (Fsp3) is 0.130. The molecule has 1 aliphatic rings. The molecule has 0 saturated carbocycles. The average Bonchev–Trinajstić information content (AvgIpc) is 2.81. The standard InChI is InChI=1S/C23H20N2O6S/c1-30-19-12-16(13-20(31-2)23(19)27)11-18-22(26)17-5-3-4-6-21(17)32(28,29)25(18)14-15-7-9-24-10-8-15/h3-13,27H,14H2,1-2H3.